The Morgan fingerprint density at radius 3 is 2.50 bits per heavy atom. The molecule has 1 rings (SSSR count). The molecule has 0 saturated carbocycles. The Bertz CT molecular complexity index is 359. The van der Waals surface area contributed by atoms with E-state index in [1.165, 1.54) is 5.69 Å². The average Bonchev–Trinajstić information content (AvgIpc) is 2.67. The Morgan fingerprint density at radius 2 is 2.00 bits per heavy atom. The van der Waals surface area contributed by atoms with Crippen LogP contribution >= 0.6 is 15.9 Å². The number of aliphatic hydroxyl groups excluding tert-OH is 1. The van der Waals surface area contributed by atoms with E-state index in [4.69, 9.17) is 5.11 Å². The van der Waals surface area contributed by atoms with Crippen molar-refractivity contribution in [2.24, 2.45) is 0 Å². The van der Waals surface area contributed by atoms with Gasteiger partial charge in [0.25, 0.3) is 0 Å². The second kappa shape index (κ2) is 7.92. The maximum atomic E-state index is 9.11. The number of hydrogen-bond acceptors (Lipinski definition) is 3. The molecular formula is C13H24BrN3O. The van der Waals surface area contributed by atoms with Gasteiger partial charge in [-0.3, -0.25) is 9.58 Å². The lowest BCUT2D eigenvalue weighted by Gasteiger charge is -2.21. The molecular weight excluding hydrogens is 294 g/mol. The molecule has 0 atom stereocenters. The summed E-state index contributed by atoms with van der Waals surface area (Å²) in [4.78, 5) is 2.27. The van der Waals surface area contributed by atoms with Crippen LogP contribution in [0.4, 0.5) is 0 Å². The topological polar surface area (TPSA) is 41.3 Å². The monoisotopic (exact) mass is 317 g/mol. The predicted molar refractivity (Wildman–Crippen MR) is 77.6 cm³/mol. The smallest absolute Gasteiger partial charge is 0.0767 e. The summed E-state index contributed by atoms with van der Waals surface area (Å²) in [5.41, 5.74) is 2.34. The fourth-order valence-electron chi connectivity index (χ4n) is 2.11. The van der Waals surface area contributed by atoms with E-state index in [1.54, 1.807) is 0 Å². The van der Waals surface area contributed by atoms with Crippen LogP contribution in [0.5, 0.6) is 0 Å². The first-order chi connectivity index (χ1) is 8.67. The first-order valence-electron chi connectivity index (χ1n) is 6.75. The Kier molecular flexibility index (Phi) is 6.89. The van der Waals surface area contributed by atoms with Crippen molar-refractivity contribution in [1.29, 1.82) is 0 Å². The number of rotatable bonds is 8. The van der Waals surface area contributed by atoms with Gasteiger partial charge in [-0.15, -0.1) is 0 Å². The van der Waals surface area contributed by atoms with Gasteiger partial charge in [0.1, 0.15) is 0 Å². The van der Waals surface area contributed by atoms with Gasteiger partial charge in [0, 0.05) is 19.6 Å². The molecule has 0 amide bonds. The molecule has 18 heavy (non-hydrogen) atoms. The summed E-state index contributed by atoms with van der Waals surface area (Å²) in [6.07, 6.45) is 2.03. The highest BCUT2D eigenvalue weighted by atomic mass is 79.9. The Balaban J connectivity index is 2.89. The molecule has 104 valence electrons. The fraction of sp³-hybridized carbons (Fsp3) is 0.769. The lowest BCUT2D eigenvalue weighted by Crippen LogP contribution is -2.28. The van der Waals surface area contributed by atoms with E-state index in [-0.39, 0.29) is 6.61 Å². The molecule has 0 saturated heterocycles. The zero-order valence-electron chi connectivity index (χ0n) is 11.6. The van der Waals surface area contributed by atoms with Crippen molar-refractivity contribution in [3.8, 4) is 0 Å². The zero-order valence-corrected chi connectivity index (χ0v) is 13.2. The zero-order chi connectivity index (χ0) is 13.5. The summed E-state index contributed by atoms with van der Waals surface area (Å²) in [6.45, 7) is 10.0. The molecule has 1 aromatic rings. The summed E-state index contributed by atoms with van der Waals surface area (Å²) >= 11 is 3.66. The maximum Gasteiger partial charge on any atom is 0.0767 e. The summed E-state index contributed by atoms with van der Waals surface area (Å²) in [5, 5.41) is 13.7. The molecule has 0 aromatic carbocycles. The van der Waals surface area contributed by atoms with Gasteiger partial charge in [-0.05, 0) is 42.2 Å². The minimum absolute atomic E-state index is 0.207. The summed E-state index contributed by atoms with van der Waals surface area (Å²) in [6, 6.07) is 0. The van der Waals surface area contributed by atoms with Crippen molar-refractivity contribution in [3.05, 3.63) is 15.9 Å². The molecule has 1 heterocycles. The van der Waals surface area contributed by atoms with Gasteiger partial charge in [-0.25, -0.2) is 0 Å². The van der Waals surface area contributed by atoms with E-state index in [9.17, 15) is 0 Å². The van der Waals surface area contributed by atoms with Gasteiger partial charge in [0.15, 0.2) is 0 Å². The van der Waals surface area contributed by atoms with Crippen molar-refractivity contribution in [2.45, 2.75) is 46.7 Å². The third-order valence-electron chi connectivity index (χ3n) is 3.02. The van der Waals surface area contributed by atoms with Gasteiger partial charge < -0.3 is 5.11 Å². The van der Waals surface area contributed by atoms with E-state index < -0.39 is 0 Å². The van der Waals surface area contributed by atoms with E-state index in [2.05, 4.69) is 51.4 Å². The van der Waals surface area contributed by atoms with Crippen LogP contribution in [0.25, 0.3) is 0 Å². The van der Waals surface area contributed by atoms with Crippen molar-refractivity contribution in [1.82, 2.24) is 14.7 Å². The highest BCUT2D eigenvalue weighted by molar-refractivity contribution is 9.10. The van der Waals surface area contributed by atoms with Crippen LogP contribution in [0.2, 0.25) is 0 Å². The largest absolute Gasteiger partial charge is 0.395 e. The van der Waals surface area contributed by atoms with E-state index in [0.717, 1.165) is 49.2 Å². The number of aryl methyl sites for hydroxylation is 2. The minimum atomic E-state index is 0.207. The van der Waals surface area contributed by atoms with Crippen molar-refractivity contribution in [3.63, 3.8) is 0 Å². The van der Waals surface area contributed by atoms with Crippen LogP contribution < -0.4 is 0 Å². The summed E-state index contributed by atoms with van der Waals surface area (Å²) in [5.74, 6) is 0. The molecule has 5 heteroatoms. The minimum Gasteiger partial charge on any atom is -0.395 e. The van der Waals surface area contributed by atoms with Gasteiger partial charge >= 0.3 is 0 Å². The molecule has 0 bridgehead atoms. The van der Waals surface area contributed by atoms with E-state index in [0.29, 0.717) is 0 Å². The quantitative estimate of drug-likeness (QED) is 0.800. The third-order valence-corrected chi connectivity index (χ3v) is 3.94. The predicted octanol–water partition coefficient (Wildman–Crippen LogP) is 2.43. The molecule has 1 aromatic heterocycles. The van der Waals surface area contributed by atoms with Crippen molar-refractivity contribution in [2.75, 3.05) is 19.7 Å². The molecule has 0 fully saturated rings. The Morgan fingerprint density at radius 1 is 1.28 bits per heavy atom. The first kappa shape index (κ1) is 15.7. The lowest BCUT2D eigenvalue weighted by atomic mass is 10.3. The second-order valence-corrected chi connectivity index (χ2v) is 5.17. The van der Waals surface area contributed by atoms with Crippen LogP contribution in [0, 0.1) is 0 Å². The van der Waals surface area contributed by atoms with Crippen molar-refractivity contribution < 1.29 is 5.11 Å². The maximum absolute atomic E-state index is 9.11. The number of hydrogen-bond donors (Lipinski definition) is 1. The Hall–Kier alpha value is -0.390. The summed E-state index contributed by atoms with van der Waals surface area (Å²) in [7, 11) is 0. The molecule has 0 radical (unpaired) electrons. The standard InChI is InChI=1S/C13H24BrN3O/c1-4-7-16(8-9-18)10-12-13(14)11(5-2)15-17(12)6-3/h18H,4-10H2,1-3H3. The number of halogens is 1. The van der Waals surface area contributed by atoms with Crippen LogP contribution in [0.1, 0.15) is 38.6 Å². The SMILES string of the molecule is CCCN(CCO)Cc1c(Br)c(CC)nn1CC. The van der Waals surface area contributed by atoms with E-state index >= 15 is 0 Å². The average molecular weight is 318 g/mol. The number of aromatic nitrogens is 2. The molecule has 4 nitrogen and oxygen atoms in total. The highest BCUT2D eigenvalue weighted by Crippen LogP contribution is 2.23. The van der Waals surface area contributed by atoms with Crippen LogP contribution in [0.3, 0.4) is 0 Å². The van der Waals surface area contributed by atoms with Crippen LogP contribution in [-0.4, -0.2) is 39.5 Å². The van der Waals surface area contributed by atoms with E-state index in [1.807, 2.05) is 0 Å². The van der Waals surface area contributed by atoms with Crippen LogP contribution in [-0.2, 0) is 19.5 Å². The second-order valence-electron chi connectivity index (χ2n) is 4.38. The van der Waals surface area contributed by atoms with Crippen molar-refractivity contribution >= 4 is 15.9 Å². The molecule has 0 unspecified atom stereocenters. The number of nitrogens with zero attached hydrogens (tertiary/aromatic N) is 3. The van der Waals surface area contributed by atoms with Gasteiger partial charge in [-0.1, -0.05) is 13.8 Å². The van der Waals surface area contributed by atoms with Gasteiger partial charge in [0.2, 0.25) is 0 Å². The molecule has 0 spiro atoms. The number of aliphatic hydroxyl groups is 1. The Labute approximate surface area is 118 Å². The summed E-state index contributed by atoms with van der Waals surface area (Å²) < 4.78 is 3.19. The molecule has 0 aliphatic rings. The molecule has 0 aliphatic carbocycles. The van der Waals surface area contributed by atoms with Gasteiger partial charge in [0.05, 0.1) is 22.5 Å². The molecule has 0 aliphatic heterocycles. The third kappa shape index (κ3) is 3.80. The van der Waals surface area contributed by atoms with Gasteiger partial charge in [-0.2, -0.15) is 5.10 Å². The van der Waals surface area contributed by atoms with Crippen LogP contribution in [0.15, 0.2) is 4.47 Å². The normalized spacial score (nSPS) is 11.4. The highest BCUT2D eigenvalue weighted by Gasteiger charge is 2.16. The molecule has 1 N–H and O–H groups in total. The fourth-order valence-corrected chi connectivity index (χ4v) is 2.80. The lowest BCUT2D eigenvalue weighted by molar-refractivity contribution is 0.186. The first-order valence-corrected chi connectivity index (χ1v) is 7.54.